The van der Waals surface area contributed by atoms with Crippen LogP contribution in [0.4, 0.5) is 5.95 Å². The van der Waals surface area contributed by atoms with Crippen molar-refractivity contribution < 1.29 is 0 Å². The van der Waals surface area contributed by atoms with Crippen molar-refractivity contribution >= 4 is 5.95 Å². The Morgan fingerprint density at radius 1 is 1.25 bits per heavy atom. The van der Waals surface area contributed by atoms with Crippen LogP contribution in [-0.2, 0) is 12.8 Å². The van der Waals surface area contributed by atoms with E-state index in [9.17, 15) is 0 Å². The molecule has 0 saturated heterocycles. The molecular formula is C15H21N5. The van der Waals surface area contributed by atoms with Crippen LogP contribution in [0.3, 0.4) is 0 Å². The summed E-state index contributed by atoms with van der Waals surface area (Å²) in [7, 11) is 0. The highest BCUT2D eigenvalue weighted by Crippen LogP contribution is 2.22. The van der Waals surface area contributed by atoms with Crippen LogP contribution in [0.1, 0.15) is 43.3 Å². The fourth-order valence-corrected chi connectivity index (χ4v) is 2.66. The molecule has 2 aromatic rings. The number of nitrogens with zero attached hydrogens (tertiary/aromatic N) is 4. The zero-order valence-corrected chi connectivity index (χ0v) is 12.2. The van der Waals surface area contributed by atoms with Gasteiger partial charge in [0.15, 0.2) is 0 Å². The average Bonchev–Trinajstić information content (AvgIpc) is 2.88. The molecule has 0 radical (unpaired) electrons. The zero-order chi connectivity index (χ0) is 13.9. The first-order chi connectivity index (χ1) is 9.78. The number of nitrogens with one attached hydrogen (secondary N) is 1. The minimum Gasteiger partial charge on any atom is -0.354 e. The second-order valence-electron chi connectivity index (χ2n) is 5.33. The number of fused-ring (bicyclic) bond motifs is 1. The highest BCUT2D eigenvalue weighted by atomic mass is 15.2. The van der Waals surface area contributed by atoms with Crippen molar-refractivity contribution in [1.29, 1.82) is 0 Å². The van der Waals surface area contributed by atoms with Crippen molar-refractivity contribution in [3.8, 4) is 5.82 Å². The highest BCUT2D eigenvalue weighted by molar-refractivity contribution is 5.37. The van der Waals surface area contributed by atoms with E-state index in [1.54, 1.807) is 0 Å². The van der Waals surface area contributed by atoms with E-state index in [2.05, 4.69) is 31.8 Å². The van der Waals surface area contributed by atoms with Gasteiger partial charge in [-0.15, -0.1) is 0 Å². The summed E-state index contributed by atoms with van der Waals surface area (Å²) in [5, 5.41) is 3.26. The van der Waals surface area contributed by atoms with E-state index in [1.807, 2.05) is 19.3 Å². The molecule has 1 N–H and O–H groups in total. The third kappa shape index (κ3) is 2.53. The first-order valence-electron chi connectivity index (χ1n) is 7.43. The van der Waals surface area contributed by atoms with Crippen LogP contribution >= 0.6 is 0 Å². The van der Waals surface area contributed by atoms with Crippen molar-refractivity contribution in [2.24, 2.45) is 0 Å². The number of hydrogen-bond donors (Lipinski definition) is 1. The molecule has 1 aliphatic carbocycles. The van der Waals surface area contributed by atoms with Gasteiger partial charge in [-0.1, -0.05) is 6.92 Å². The molecule has 0 spiro atoms. The Morgan fingerprint density at radius 3 is 2.95 bits per heavy atom. The minimum atomic E-state index is 0.708. The highest BCUT2D eigenvalue weighted by Gasteiger charge is 2.17. The summed E-state index contributed by atoms with van der Waals surface area (Å²) in [6.45, 7) is 5.03. The van der Waals surface area contributed by atoms with Crippen LogP contribution in [0, 0.1) is 6.92 Å². The fourth-order valence-electron chi connectivity index (χ4n) is 2.66. The molecule has 3 rings (SSSR count). The molecule has 2 heterocycles. The Kier molecular flexibility index (Phi) is 3.67. The monoisotopic (exact) mass is 271 g/mol. The summed E-state index contributed by atoms with van der Waals surface area (Å²) in [5.41, 5.74) is 3.53. The molecule has 0 aliphatic heterocycles. The standard InChI is InChI=1S/C15H21N5/c1-3-8-16-15-18-11(2)9-14(19-15)20-10-17-12-6-4-5-7-13(12)20/h9-10H,3-8H2,1-2H3,(H,16,18,19). The van der Waals surface area contributed by atoms with E-state index in [4.69, 9.17) is 0 Å². The Balaban J connectivity index is 1.97. The third-order valence-corrected chi connectivity index (χ3v) is 3.65. The lowest BCUT2D eigenvalue weighted by atomic mass is 10.0. The number of imidazole rings is 1. The maximum absolute atomic E-state index is 4.62. The normalized spacial score (nSPS) is 14.1. The van der Waals surface area contributed by atoms with E-state index in [0.29, 0.717) is 5.95 Å². The molecule has 0 atom stereocenters. The van der Waals surface area contributed by atoms with E-state index in [-0.39, 0.29) is 0 Å². The average molecular weight is 271 g/mol. The van der Waals surface area contributed by atoms with Crippen LogP contribution in [0.25, 0.3) is 5.82 Å². The van der Waals surface area contributed by atoms with Crippen LogP contribution in [0.15, 0.2) is 12.4 Å². The Bertz CT molecular complexity index is 602. The van der Waals surface area contributed by atoms with Gasteiger partial charge in [-0.3, -0.25) is 4.57 Å². The maximum atomic E-state index is 4.62. The van der Waals surface area contributed by atoms with Gasteiger partial charge in [0, 0.05) is 24.0 Å². The quantitative estimate of drug-likeness (QED) is 0.929. The molecule has 5 heteroatoms. The molecule has 0 bridgehead atoms. The smallest absolute Gasteiger partial charge is 0.224 e. The maximum Gasteiger partial charge on any atom is 0.224 e. The lowest BCUT2D eigenvalue weighted by Gasteiger charge is -2.14. The fraction of sp³-hybridized carbons (Fsp3) is 0.533. The van der Waals surface area contributed by atoms with Gasteiger partial charge >= 0.3 is 0 Å². The molecule has 2 aromatic heterocycles. The summed E-state index contributed by atoms with van der Waals surface area (Å²) in [4.78, 5) is 13.6. The van der Waals surface area contributed by atoms with Crippen molar-refractivity contribution in [3.63, 3.8) is 0 Å². The van der Waals surface area contributed by atoms with Crippen LogP contribution in [0.5, 0.6) is 0 Å². The second kappa shape index (κ2) is 5.61. The molecule has 106 valence electrons. The van der Waals surface area contributed by atoms with Gasteiger partial charge in [0.25, 0.3) is 0 Å². The first kappa shape index (κ1) is 13.1. The third-order valence-electron chi connectivity index (χ3n) is 3.65. The van der Waals surface area contributed by atoms with Gasteiger partial charge in [-0.05, 0) is 39.0 Å². The molecule has 0 aromatic carbocycles. The predicted octanol–water partition coefficient (Wildman–Crippen LogP) is 2.67. The Labute approximate surface area is 119 Å². The van der Waals surface area contributed by atoms with Gasteiger partial charge in [0.2, 0.25) is 5.95 Å². The van der Waals surface area contributed by atoms with Gasteiger partial charge in [0.1, 0.15) is 12.1 Å². The molecule has 0 saturated carbocycles. The SMILES string of the molecule is CCCNc1nc(C)cc(-n2cnc3c2CCCC3)n1. The van der Waals surface area contributed by atoms with Gasteiger partial charge < -0.3 is 5.32 Å². The summed E-state index contributed by atoms with van der Waals surface area (Å²) in [5.74, 6) is 1.63. The van der Waals surface area contributed by atoms with E-state index in [1.165, 1.54) is 24.2 Å². The number of aromatic nitrogens is 4. The van der Waals surface area contributed by atoms with Crippen LogP contribution < -0.4 is 5.32 Å². The van der Waals surface area contributed by atoms with Crippen molar-refractivity contribution in [3.05, 3.63) is 29.5 Å². The number of anilines is 1. The van der Waals surface area contributed by atoms with Crippen LogP contribution in [-0.4, -0.2) is 26.1 Å². The number of aryl methyl sites for hydroxylation is 2. The lowest BCUT2D eigenvalue weighted by molar-refractivity contribution is 0.654. The van der Waals surface area contributed by atoms with Gasteiger partial charge in [-0.25, -0.2) is 9.97 Å². The summed E-state index contributed by atoms with van der Waals surface area (Å²) >= 11 is 0. The molecule has 1 aliphatic rings. The van der Waals surface area contributed by atoms with Gasteiger partial charge in [-0.2, -0.15) is 4.98 Å². The number of rotatable bonds is 4. The van der Waals surface area contributed by atoms with Gasteiger partial charge in [0.05, 0.1) is 5.69 Å². The van der Waals surface area contributed by atoms with E-state index < -0.39 is 0 Å². The minimum absolute atomic E-state index is 0.708. The van der Waals surface area contributed by atoms with E-state index in [0.717, 1.165) is 37.3 Å². The number of hydrogen-bond acceptors (Lipinski definition) is 4. The summed E-state index contributed by atoms with van der Waals surface area (Å²) < 4.78 is 2.13. The van der Waals surface area contributed by atoms with Crippen molar-refractivity contribution in [2.75, 3.05) is 11.9 Å². The summed E-state index contributed by atoms with van der Waals surface area (Å²) in [6.07, 6.45) is 7.64. The second-order valence-corrected chi connectivity index (χ2v) is 5.33. The first-order valence-corrected chi connectivity index (χ1v) is 7.43. The molecule has 20 heavy (non-hydrogen) atoms. The van der Waals surface area contributed by atoms with Crippen LogP contribution in [0.2, 0.25) is 0 Å². The molecule has 5 nitrogen and oxygen atoms in total. The topological polar surface area (TPSA) is 55.6 Å². The molecule has 0 unspecified atom stereocenters. The lowest BCUT2D eigenvalue weighted by Crippen LogP contribution is -2.11. The Hall–Kier alpha value is -1.91. The molecule has 0 fully saturated rings. The zero-order valence-electron chi connectivity index (χ0n) is 12.2. The van der Waals surface area contributed by atoms with Crippen molar-refractivity contribution in [2.45, 2.75) is 46.0 Å². The largest absolute Gasteiger partial charge is 0.354 e. The van der Waals surface area contributed by atoms with E-state index >= 15 is 0 Å². The predicted molar refractivity (Wildman–Crippen MR) is 79.3 cm³/mol. The Morgan fingerprint density at radius 2 is 2.10 bits per heavy atom. The molecular weight excluding hydrogens is 250 g/mol. The summed E-state index contributed by atoms with van der Waals surface area (Å²) in [6, 6.07) is 2.02. The molecule has 0 amide bonds. The van der Waals surface area contributed by atoms with Crippen molar-refractivity contribution in [1.82, 2.24) is 19.5 Å².